The maximum atomic E-state index is 15.9. The van der Waals surface area contributed by atoms with Gasteiger partial charge in [0.05, 0.1) is 31.7 Å². The van der Waals surface area contributed by atoms with E-state index in [2.05, 4.69) is 35.1 Å². The molecule has 380 valence electrons. The Hall–Kier alpha value is -7.41. The Bertz CT molecular complexity index is 2850. The minimum absolute atomic E-state index is 0.0135. The average molecular weight is 1010 g/mol. The fourth-order valence-corrected chi connectivity index (χ4v) is 9.46. The van der Waals surface area contributed by atoms with Crippen molar-refractivity contribution in [2.45, 2.75) is 31.3 Å². The Balaban J connectivity index is 0.744. The first-order chi connectivity index (χ1) is 34.8. The molecular formula is C48H56FN13O9S. The Kier molecular flexibility index (Phi) is 16.4. The third-order valence-electron chi connectivity index (χ3n) is 12.5. The number of rotatable bonds is 17. The first kappa shape index (κ1) is 51.0. The highest BCUT2D eigenvalue weighted by atomic mass is 32.2. The minimum atomic E-state index is -4.73. The lowest BCUT2D eigenvalue weighted by molar-refractivity contribution is -0.132. The number of nitrogen functional groups attached to an aromatic ring is 1. The number of nitrogens with one attached hydrogen (secondary N) is 2. The molecule has 24 heteroatoms. The van der Waals surface area contributed by atoms with Crippen LogP contribution in [-0.4, -0.2) is 171 Å². The van der Waals surface area contributed by atoms with Crippen molar-refractivity contribution in [3.8, 4) is 16.9 Å². The van der Waals surface area contributed by atoms with Gasteiger partial charge in [0.15, 0.2) is 0 Å². The molecule has 5 aromatic rings. The zero-order valence-electron chi connectivity index (χ0n) is 40.0. The molecule has 4 N–H and O–H groups in total. The minimum Gasteiger partial charge on any atom is -0.491 e. The fourth-order valence-electron chi connectivity index (χ4n) is 8.36. The molecule has 8 rings (SSSR count). The number of hydrogen-bond donors (Lipinski definition) is 3. The van der Waals surface area contributed by atoms with Gasteiger partial charge in [0, 0.05) is 132 Å². The van der Waals surface area contributed by atoms with Gasteiger partial charge in [0.25, 0.3) is 21.8 Å². The molecule has 4 amide bonds. The van der Waals surface area contributed by atoms with Gasteiger partial charge in [-0.15, -0.1) is 0 Å². The van der Waals surface area contributed by atoms with Gasteiger partial charge in [0.1, 0.15) is 35.5 Å². The second-order valence-electron chi connectivity index (χ2n) is 17.3. The van der Waals surface area contributed by atoms with Crippen LogP contribution in [-0.2, 0) is 42.2 Å². The average Bonchev–Trinajstić information content (AvgIpc) is 3.61. The third-order valence-corrected chi connectivity index (χ3v) is 13.8. The number of methoxy groups -OCH3 is 1. The van der Waals surface area contributed by atoms with Gasteiger partial charge < -0.3 is 44.9 Å². The summed E-state index contributed by atoms with van der Waals surface area (Å²) in [5.74, 6) is -1.02. The van der Waals surface area contributed by atoms with Gasteiger partial charge >= 0.3 is 0 Å². The molecule has 0 bridgehead atoms. The van der Waals surface area contributed by atoms with Crippen molar-refractivity contribution in [2.24, 2.45) is 0 Å². The Labute approximate surface area is 415 Å². The summed E-state index contributed by atoms with van der Waals surface area (Å²) in [5, 5.41) is 2.73. The molecule has 3 aromatic heterocycles. The van der Waals surface area contributed by atoms with Gasteiger partial charge in [-0.05, 0) is 54.4 Å². The zero-order chi connectivity index (χ0) is 50.8. The number of hydrogen-bond acceptors (Lipinski definition) is 18. The summed E-state index contributed by atoms with van der Waals surface area (Å²) in [6.45, 7) is 8.42. The molecule has 2 fully saturated rings. The number of benzene rings is 2. The highest BCUT2D eigenvalue weighted by Crippen LogP contribution is 2.31. The summed E-state index contributed by atoms with van der Waals surface area (Å²) in [5.41, 5.74) is 8.51. The quantitative estimate of drug-likeness (QED) is 0.112. The van der Waals surface area contributed by atoms with Gasteiger partial charge in [-0.2, -0.15) is 0 Å². The van der Waals surface area contributed by atoms with E-state index in [0.717, 1.165) is 28.3 Å². The Morgan fingerprint density at radius 3 is 2.15 bits per heavy atom. The van der Waals surface area contributed by atoms with Crippen molar-refractivity contribution in [3.05, 3.63) is 107 Å². The topological polar surface area (TPSA) is 261 Å². The predicted octanol–water partition coefficient (Wildman–Crippen LogP) is 1.65. The zero-order valence-corrected chi connectivity index (χ0v) is 40.8. The van der Waals surface area contributed by atoms with Crippen LogP contribution in [0, 0.1) is 12.7 Å². The molecule has 0 saturated carbocycles. The lowest BCUT2D eigenvalue weighted by Crippen LogP contribution is -2.49. The van der Waals surface area contributed by atoms with E-state index in [0.29, 0.717) is 102 Å². The standard InChI is InChI=1S/C48H56FN13O9S/c1-32-38(46(66)62-19-22-71-39-6-3-34(23-36(39)30-62)35-4-8-41(50)51-27-35)5-7-40(44(32)49)72(67,68)57-45(65)37-28-55-48(56-29-37)60-12-10-58(11-13-60)18-21-70-20-9-43(64)59-14-16-61(17-15-59)47-53-25-33(26-54-47)24-52-42(63)31-69-2/h3-8,23,25-29H,9-22,24,30-31H2,1-2H3,(H2,50,51)(H,52,63)(H,57,65). The first-order valence-electron chi connectivity index (χ1n) is 23.4. The largest absolute Gasteiger partial charge is 0.491 e. The van der Waals surface area contributed by atoms with Gasteiger partial charge in [-0.25, -0.2) is 42.5 Å². The van der Waals surface area contributed by atoms with Gasteiger partial charge in [-0.1, -0.05) is 6.07 Å². The van der Waals surface area contributed by atoms with Crippen LogP contribution in [0.15, 0.2) is 78.3 Å². The summed E-state index contributed by atoms with van der Waals surface area (Å²) in [7, 11) is -3.27. The predicted molar refractivity (Wildman–Crippen MR) is 261 cm³/mol. The number of halogens is 1. The second kappa shape index (κ2) is 23.2. The number of fused-ring (bicyclic) bond motifs is 1. The van der Waals surface area contributed by atoms with Crippen molar-refractivity contribution < 1.29 is 46.2 Å². The summed E-state index contributed by atoms with van der Waals surface area (Å²) >= 11 is 0. The number of carbonyl (C=O) groups excluding carboxylic acids is 4. The maximum absolute atomic E-state index is 15.9. The van der Waals surface area contributed by atoms with E-state index in [4.69, 9.17) is 19.9 Å². The monoisotopic (exact) mass is 1010 g/mol. The molecule has 6 heterocycles. The van der Waals surface area contributed by atoms with E-state index in [1.165, 1.54) is 37.4 Å². The number of ether oxygens (including phenoxy) is 3. The Morgan fingerprint density at radius 2 is 1.47 bits per heavy atom. The molecule has 0 aliphatic carbocycles. The lowest BCUT2D eigenvalue weighted by atomic mass is 10.0. The molecule has 0 atom stereocenters. The van der Waals surface area contributed by atoms with Gasteiger partial charge in [0.2, 0.25) is 23.7 Å². The number of carbonyl (C=O) groups is 4. The van der Waals surface area contributed by atoms with E-state index in [-0.39, 0.29) is 61.2 Å². The van der Waals surface area contributed by atoms with E-state index in [1.54, 1.807) is 24.7 Å². The number of anilines is 3. The number of sulfonamides is 1. The number of nitrogens with two attached hydrogens (primary N) is 1. The van der Waals surface area contributed by atoms with Crippen molar-refractivity contribution in [3.63, 3.8) is 0 Å². The number of pyridine rings is 1. The number of amides is 4. The van der Waals surface area contributed by atoms with Crippen LogP contribution in [0.3, 0.4) is 0 Å². The highest BCUT2D eigenvalue weighted by Gasteiger charge is 2.30. The SMILES string of the molecule is COCC(=O)NCc1cnc(N2CCN(C(=O)CCOCCN3CCN(c4ncc(C(=O)NS(=O)(=O)c5ccc(C(=O)N6CCOc7ccc(-c8ccc(N)nc8)cc7C6)c(C)c5F)cn4)CC3)CC2)nc1. The lowest BCUT2D eigenvalue weighted by Gasteiger charge is -2.35. The van der Waals surface area contributed by atoms with Crippen LogP contribution in [0.25, 0.3) is 11.1 Å². The van der Waals surface area contributed by atoms with Crippen LogP contribution >= 0.6 is 0 Å². The molecule has 0 spiro atoms. The third kappa shape index (κ3) is 12.5. The summed E-state index contributed by atoms with van der Waals surface area (Å²) in [6, 6.07) is 11.3. The molecular weight excluding hydrogens is 954 g/mol. The van der Waals surface area contributed by atoms with E-state index in [9.17, 15) is 27.6 Å². The number of aromatic nitrogens is 5. The van der Waals surface area contributed by atoms with Crippen LogP contribution in [0.2, 0.25) is 0 Å². The second-order valence-corrected chi connectivity index (χ2v) is 18.9. The summed E-state index contributed by atoms with van der Waals surface area (Å²) in [4.78, 5) is 81.8. The smallest absolute Gasteiger partial charge is 0.268 e. The molecule has 2 saturated heterocycles. The van der Waals surface area contributed by atoms with E-state index < -0.39 is 32.6 Å². The maximum Gasteiger partial charge on any atom is 0.268 e. The fraction of sp³-hybridized carbons (Fsp3) is 0.396. The van der Waals surface area contributed by atoms with Gasteiger partial charge in [-0.3, -0.25) is 24.1 Å². The molecule has 0 unspecified atom stereocenters. The molecule has 3 aliphatic rings. The van der Waals surface area contributed by atoms with Crippen molar-refractivity contribution >= 4 is 51.4 Å². The van der Waals surface area contributed by atoms with Crippen molar-refractivity contribution in [1.82, 2.24) is 49.7 Å². The molecule has 22 nitrogen and oxygen atoms in total. The molecule has 72 heavy (non-hydrogen) atoms. The first-order valence-corrected chi connectivity index (χ1v) is 24.8. The summed E-state index contributed by atoms with van der Waals surface area (Å²) < 4.78 is 61.1. The number of piperazine rings is 2. The van der Waals surface area contributed by atoms with Crippen molar-refractivity contribution in [1.29, 1.82) is 0 Å². The van der Waals surface area contributed by atoms with E-state index >= 15 is 4.39 Å². The normalized spacial score (nSPS) is 15.3. The van der Waals surface area contributed by atoms with Crippen molar-refractivity contribution in [2.75, 3.05) is 115 Å². The van der Waals surface area contributed by atoms with Crippen LogP contribution in [0.4, 0.5) is 22.1 Å². The Morgan fingerprint density at radius 1 is 0.792 bits per heavy atom. The van der Waals surface area contributed by atoms with Crippen LogP contribution < -0.4 is 30.3 Å². The van der Waals surface area contributed by atoms with Crippen LogP contribution in [0.5, 0.6) is 5.75 Å². The summed E-state index contributed by atoms with van der Waals surface area (Å²) in [6.07, 6.45) is 7.69. The molecule has 3 aliphatic heterocycles. The molecule has 2 aromatic carbocycles. The van der Waals surface area contributed by atoms with E-state index in [1.807, 2.05) is 43.7 Å². The highest BCUT2D eigenvalue weighted by molar-refractivity contribution is 7.90. The van der Waals surface area contributed by atoms with Crippen LogP contribution in [0.1, 0.15) is 43.8 Å². The number of nitrogens with zero attached hydrogens (tertiary/aromatic N) is 10. The molecule has 0 radical (unpaired) electrons.